The molecule has 1 nitrogen and oxygen atoms in total. The average Bonchev–Trinajstić information content (AvgIpc) is 1.99. The maximum atomic E-state index is 9.64. The van der Waals surface area contributed by atoms with E-state index < -0.39 is 0 Å². The van der Waals surface area contributed by atoms with Gasteiger partial charge in [0.05, 0.1) is 6.10 Å². The fourth-order valence-corrected chi connectivity index (χ4v) is 3.08. The van der Waals surface area contributed by atoms with Crippen LogP contribution >= 0.6 is 11.8 Å². The van der Waals surface area contributed by atoms with E-state index in [1.54, 1.807) is 0 Å². The fraction of sp³-hybridized carbons (Fsp3) is 1.00. The van der Waals surface area contributed by atoms with E-state index in [2.05, 4.69) is 20.8 Å². The summed E-state index contributed by atoms with van der Waals surface area (Å²) in [5, 5.41) is 11.0. The van der Waals surface area contributed by atoms with Gasteiger partial charge in [0.1, 0.15) is 0 Å². The third-order valence-corrected chi connectivity index (χ3v) is 4.48. The lowest BCUT2D eigenvalue weighted by Crippen LogP contribution is -2.34. The zero-order valence-corrected chi connectivity index (χ0v) is 8.40. The van der Waals surface area contributed by atoms with E-state index >= 15 is 0 Å². The zero-order chi connectivity index (χ0) is 8.43. The molecule has 0 amide bonds. The molecule has 4 unspecified atom stereocenters. The van der Waals surface area contributed by atoms with Gasteiger partial charge in [0.15, 0.2) is 0 Å². The molecule has 0 aliphatic carbocycles. The van der Waals surface area contributed by atoms with Crippen LogP contribution in [0.25, 0.3) is 0 Å². The van der Waals surface area contributed by atoms with Crippen molar-refractivity contribution in [3.8, 4) is 0 Å². The Morgan fingerprint density at radius 3 is 2.55 bits per heavy atom. The number of hydrogen-bond donors (Lipinski definition) is 1. The summed E-state index contributed by atoms with van der Waals surface area (Å²) in [7, 11) is 0. The molecule has 0 aromatic rings. The van der Waals surface area contributed by atoms with Gasteiger partial charge in [-0.25, -0.2) is 0 Å². The van der Waals surface area contributed by atoms with Crippen LogP contribution in [0.15, 0.2) is 0 Å². The molecule has 1 aliphatic heterocycles. The maximum Gasteiger partial charge on any atom is 0.0586 e. The molecule has 4 atom stereocenters. The minimum Gasteiger partial charge on any atom is -0.393 e. The maximum absolute atomic E-state index is 9.64. The third kappa shape index (κ3) is 2.12. The molecule has 0 aromatic carbocycles. The molecule has 1 N–H and O–H groups in total. The Morgan fingerprint density at radius 2 is 2.09 bits per heavy atom. The van der Waals surface area contributed by atoms with Crippen molar-refractivity contribution < 1.29 is 5.11 Å². The highest BCUT2D eigenvalue weighted by molar-refractivity contribution is 8.00. The quantitative estimate of drug-likeness (QED) is 0.658. The van der Waals surface area contributed by atoms with Crippen molar-refractivity contribution in [2.45, 2.75) is 50.2 Å². The van der Waals surface area contributed by atoms with Crippen LogP contribution in [0.1, 0.15) is 33.6 Å². The van der Waals surface area contributed by atoms with Crippen molar-refractivity contribution in [1.29, 1.82) is 0 Å². The summed E-state index contributed by atoms with van der Waals surface area (Å²) >= 11 is 2.04. The predicted molar refractivity (Wildman–Crippen MR) is 50.9 cm³/mol. The molecule has 1 saturated heterocycles. The average molecular weight is 174 g/mol. The SMILES string of the molecule is CCC1CC(O)C(C)C(C)S1. The molecule has 66 valence electrons. The van der Waals surface area contributed by atoms with Gasteiger partial charge in [0.2, 0.25) is 0 Å². The first-order valence-electron chi connectivity index (χ1n) is 4.48. The summed E-state index contributed by atoms with van der Waals surface area (Å²) < 4.78 is 0. The van der Waals surface area contributed by atoms with Gasteiger partial charge in [0, 0.05) is 10.5 Å². The Kier molecular flexibility index (Phi) is 3.26. The predicted octanol–water partition coefficient (Wildman–Crippen LogP) is 2.29. The number of aliphatic hydroxyl groups excluding tert-OH is 1. The lowest BCUT2D eigenvalue weighted by Gasteiger charge is -2.35. The monoisotopic (exact) mass is 174 g/mol. The van der Waals surface area contributed by atoms with Crippen LogP contribution in [-0.4, -0.2) is 21.7 Å². The van der Waals surface area contributed by atoms with E-state index in [0.717, 1.165) is 6.42 Å². The molecule has 0 spiro atoms. The number of thioether (sulfide) groups is 1. The molecular formula is C9H18OS. The molecule has 0 radical (unpaired) electrons. The van der Waals surface area contributed by atoms with Crippen LogP contribution in [-0.2, 0) is 0 Å². The van der Waals surface area contributed by atoms with Crippen molar-refractivity contribution in [2.75, 3.05) is 0 Å². The highest BCUT2D eigenvalue weighted by Gasteiger charge is 2.30. The van der Waals surface area contributed by atoms with Crippen LogP contribution in [0.5, 0.6) is 0 Å². The van der Waals surface area contributed by atoms with Crippen molar-refractivity contribution in [3.63, 3.8) is 0 Å². The summed E-state index contributed by atoms with van der Waals surface area (Å²) in [6.45, 7) is 6.57. The van der Waals surface area contributed by atoms with E-state index in [1.165, 1.54) is 6.42 Å². The smallest absolute Gasteiger partial charge is 0.0586 e. The van der Waals surface area contributed by atoms with Crippen molar-refractivity contribution in [1.82, 2.24) is 0 Å². The summed E-state index contributed by atoms with van der Waals surface area (Å²) in [5.74, 6) is 0.475. The van der Waals surface area contributed by atoms with E-state index in [1.807, 2.05) is 11.8 Å². The van der Waals surface area contributed by atoms with Gasteiger partial charge >= 0.3 is 0 Å². The van der Waals surface area contributed by atoms with Gasteiger partial charge in [-0.2, -0.15) is 11.8 Å². The fourth-order valence-electron chi connectivity index (χ4n) is 1.54. The molecule has 2 heteroatoms. The molecule has 1 heterocycles. The van der Waals surface area contributed by atoms with Crippen molar-refractivity contribution >= 4 is 11.8 Å². The molecule has 1 fully saturated rings. The Morgan fingerprint density at radius 1 is 1.45 bits per heavy atom. The summed E-state index contributed by atoms with van der Waals surface area (Å²) in [6, 6.07) is 0. The molecular weight excluding hydrogens is 156 g/mol. The molecule has 0 saturated carbocycles. The second-order valence-electron chi connectivity index (χ2n) is 3.53. The first-order valence-corrected chi connectivity index (χ1v) is 5.43. The number of hydrogen-bond acceptors (Lipinski definition) is 2. The molecule has 0 bridgehead atoms. The first-order chi connectivity index (χ1) is 5.15. The normalized spacial score (nSPS) is 45.8. The minimum atomic E-state index is -0.0591. The summed E-state index contributed by atoms with van der Waals surface area (Å²) in [4.78, 5) is 0. The Hall–Kier alpha value is 0.310. The standard InChI is InChI=1S/C9H18OS/c1-4-8-5-9(10)6(2)7(3)11-8/h6-10H,4-5H2,1-3H3. The molecule has 0 aromatic heterocycles. The second-order valence-corrected chi connectivity index (χ2v) is 5.22. The lowest BCUT2D eigenvalue weighted by molar-refractivity contribution is 0.101. The van der Waals surface area contributed by atoms with Crippen LogP contribution in [0.2, 0.25) is 0 Å². The Labute approximate surface area is 73.6 Å². The van der Waals surface area contributed by atoms with Crippen LogP contribution in [0, 0.1) is 5.92 Å². The summed E-state index contributed by atoms with van der Waals surface area (Å²) in [5.41, 5.74) is 0. The number of rotatable bonds is 1. The van der Waals surface area contributed by atoms with Crippen LogP contribution < -0.4 is 0 Å². The van der Waals surface area contributed by atoms with Gasteiger partial charge in [-0.15, -0.1) is 0 Å². The third-order valence-electron chi connectivity index (χ3n) is 2.71. The topological polar surface area (TPSA) is 20.2 Å². The zero-order valence-electron chi connectivity index (χ0n) is 7.58. The van der Waals surface area contributed by atoms with E-state index in [-0.39, 0.29) is 6.10 Å². The lowest BCUT2D eigenvalue weighted by atomic mass is 9.96. The minimum absolute atomic E-state index is 0.0591. The Bertz CT molecular complexity index is 115. The highest BCUT2D eigenvalue weighted by atomic mass is 32.2. The van der Waals surface area contributed by atoms with Crippen LogP contribution in [0.4, 0.5) is 0 Å². The van der Waals surface area contributed by atoms with Crippen molar-refractivity contribution in [2.24, 2.45) is 5.92 Å². The van der Waals surface area contributed by atoms with E-state index in [9.17, 15) is 5.11 Å². The molecule has 11 heavy (non-hydrogen) atoms. The molecule has 1 rings (SSSR count). The van der Waals surface area contributed by atoms with Crippen LogP contribution in [0.3, 0.4) is 0 Å². The second kappa shape index (κ2) is 3.81. The van der Waals surface area contributed by atoms with E-state index in [4.69, 9.17) is 0 Å². The summed E-state index contributed by atoms with van der Waals surface area (Å²) in [6.07, 6.45) is 2.13. The first kappa shape index (κ1) is 9.40. The molecule has 1 aliphatic rings. The van der Waals surface area contributed by atoms with Crippen molar-refractivity contribution in [3.05, 3.63) is 0 Å². The van der Waals surface area contributed by atoms with Gasteiger partial charge in [-0.1, -0.05) is 20.8 Å². The van der Waals surface area contributed by atoms with Gasteiger partial charge in [-0.05, 0) is 18.8 Å². The van der Waals surface area contributed by atoms with Gasteiger partial charge in [0.25, 0.3) is 0 Å². The number of aliphatic hydroxyl groups is 1. The largest absolute Gasteiger partial charge is 0.393 e. The van der Waals surface area contributed by atoms with Gasteiger partial charge in [-0.3, -0.25) is 0 Å². The Balaban J connectivity index is 2.47. The van der Waals surface area contributed by atoms with E-state index in [0.29, 0.717) is 16.4 Å². The highest BCUT2D eigenvalue weighted by Crippen LogP contribution is 2.36. The van der Waals surface area contributed by atoms with Gasteiger partial charge < -0.3 is 5.11 Å².